The molecular formula is C12H20O3Si. The summed E-state index contributed by atoms with van der Waals surface area (Å²) in [6.07, 6.45) is 0. The summed E-state index contributed by atoms with van der Waals surface area (Å²) in [6, 6.07) is 4.00. The maximum Gasteiger partial charge on any atom is 0.203 e. The van der Waals surface area contributed by atoms with E-state index < -0.39 is 0 Å². The Balaban J connectivity index is 3.14. The van der Waals surface area contributed by atoms with E-state index >= 15 is 0 Å². The zero-order chi connectivity index (χ0) is 12.0. The first-order chi connectivity index (χ1) is 7.74. The Hall–Kier alpha value is -1.16. The van der Waals surface area contributed by atoms with Gasteiger partial charge in [-0.2, -0.15) is 0 Å². The number of rotatable bonds is 6. The molecule has 90 valence electrons. The van der Waals surface area contributed by atoms with Crippen LogP contribution in [0.3, 0.4) is 0 Å². The van der Waals surface area contributed by atoms with Crippen LogP contribution >= 0.6 is 0 Å². The fourth-order valence-electron chi connectivity index (χ4n) is 1.52. The average molecular weight is 240 g/mol. The molecule has 0 spiro atoms. The van der Waals surface area contributed by atoms with Crippen molar-refractivity contribution in [3.8, 4) is 17.2 Å². The Labute approximate surface area is 100 Å². The topological polar surface area (TPSA) is 27.7 Å². The maximum absolute atomic E-state index is 5.64. The van der Waals surface area contributed by atoms with Crippen LogP contribution in [-0.2, 0) is 0 Å². The smallest absolute Gasteiger partial charge is 0.203 e. The van der Waals surface area contributed by atoms with Gasteiger partial charge in [-0.15, -0.1) is 0 Å². The highest BCUT2D eigenvalue weighted by atomic mass is 28.1. The lowest BCUT2D eigenvalue weighted by Crippen LogP contribution is -2.12. The van der Waals surface area contributed by atoms with Crippen molar-refractivity contribution in [1.82, 2.24) is 0 Å². The second-order valence-corrected chi connectivity index (χ2v) is 4.42. The van der Waals surface area contributed by atoms with Gasteiger partial charge < -0.3 is 14.2 Å². The highest BCUT2D eigenvalue weighted by molar-refractivity contribution is 6.34. The van der Waals surface area contributed by atoms with Crippen LogP contribution in [0.2, 0.25) is 0 Å². The van der Waals surface area contributed by atoms with E-state index in [1.54, 1.807) is 0 Å². The summed E-state index contributed by atoms with van der Waals surface area (Å²) in [6.45, 7) is 7.79. The molecule has 4 heteroatoms. The predicted molar refractivity (Wildman–Crippen MR) is 69.5 cm³/mol. The lowest BCUT2D eigenvalue weighted by molar-refractivity contribution is 0.262. The standard InChI is InChI=1S/C12H20O3Si/c1-4-13-9-7-8-10(16)12(15-6-3)11(9)14-5-2/h7-8H,4-6H2,1-3,16H3. The minimum Gasteiger partial charge on any atom is -0.490 e. The van der Waals surface area contributed by atoms with Crippen LogP contribution in [0, 0.1) is 0 Å². The summed E-state index contributed by atoms with van der Waals surface area (Å²) in [5.74, 6) is 2.37. The predicted octanol–water partition coefficient (Wildman–Crippen LogP) is 0.873. The number of benzene rings is 1. The molecule has 1 aromatic rings. The van der Waals surface area contributed by atoms with Gasteiger partial charge in [-0.3, -0.25) is 0 Å². The molecule has 0 saturated heterocycles. The van der Waals surface area contributed by atoms with Crippen molar-refractivity contribution in [2.45, 2.75) is 20.8 Å². The molecule has 0 aliphatic heterocycles. The zero-order valence-corrected chi connectivity index (χ0v) is 12.5. The van der Waals surface area contributed by atoms with E-state index in [2.05, 4.69) is 0 Å². The molecule has 0 radical (unpaired) electrons. The molecule has 0 aromatic heterocycles. The first-order valence-electron chi connectivity index (χ1n) is 5.76. The van der Waals surface area contributed by atoms with Crippen LogP contribution in [0.15, 0.2) is 12.1 Å². The monoisotopic (exact) mass is 240 g/mol. The minimum atomic E-state index is 0.616. The van der Waals surface area contributed by atoms with Crippen LogP contribution in [0.1, 0.15) is 20.8 Å². The molecule has 1 rings (SSSR count). The molecule has 0 unspecified atom stereocenters. The zero-order valence-electron chi connectivity index (χ0n) is 10.5. The molecule has 0 atom stereocenters. The highest BCUT2D eigenvalue weighted by Crippen LogP contribution is 2.35. The van der Waals surface area contributed by atoms with Gasteiger partial charge in [0.05, 0.1) is 19.8 Å². The molecule has 3 nitrogen and oxygen atoms in total. The van der Waals surface area contributed by atoms with Crippen molar-refractivity contribution >= 4 is 15.4 Å². The lowest BCUT2D eigenvalue weighted by atomic mass is 10.3. The Bertz CT molecular complexity index is 339. The Kier molecular flexibility index (Phi) is 5.18. The van der Waals surface area contributed by atoms with Crippen LogP contribution in [0.5, 0.6) is 17.2 Å². The molecule has 0 aliphatic carbocycles. The normalized spacial score (nSPS) is 10.2. The largest absolute Gasteiger partial charge is 0.490 e. The molecule has 0 heterocycles. The molecular weight excluding hydrogens is 220 g/mol. The van der Waals surface area contributed by atoms with Crippen LogP contribution in [0.25, 0.3) is 0 Å². The van der Waals surface area contributed by atoms with E-state index in [1.165, 1.54) is 5.19 Å². The van der Waals surface area contributed by atoms with E-state index in [1.807, 2.05) is 32.9 Å². The Morgan fingerprint density at radius 1 is 0.875 bits per heavy atom. The van der Waals surface area contributed by atoms with Gasteiger partial charge in [-0.05, 0) is 32.0 Å². The van der Waals surface area contributed by atoms with Crippen molar-refractivity contribution in [2.75, 3.05) is 19.8 Å². The molecule has 16 heavy (non-hydrogen) atoms. The second-order valence-electron chi connectivity index (χ2n) is 3.34. The van der Waals surface area contributed by atoms with Crippen LogP contribution < -0.4 is 19.4 Å². The molecule has 0 N–H and O–H groups in total. The van der Waals surface area contributed by atoms with Crippen molar-refractivity contribution in [2.24, 2.45) is 0 Å². The Morgan fingerprint density at radius 2 is 1.44 bits per heavy atom. The summed E-state index contributed by atoms with van der Waals surface area (Å²) in [4.78, 5) is 0. The van der Waals surface area contributed by atoms with E-state index in [0.717, 1.165) is 27.5 Å². The molecule has 0 fully saturated rings. The fourth-order valence-corrected chi connectivity index (χ4v) is 2.05. The molecule has 0 amide bonds. The third-order valence-corrected chi connectivity index (χ3v) is 2.94. The number of hydrogen-bond donors (Lipinski definition) is 0. The third kappa shape index (κ3) is 2.92. The number of ether oxygens (including phenoxy) is 3. The quantitative estimate of drug-likeness (QED) is 0.691. The van der Waals surface area contributed by atoms with Gasteiger partial charge in [-0.1, -0.05) is 6.07 Å². The summed E-state index contributed by atoms with van der Waals surface area (Å²) >= 11 is 0. The van der Waals surface area contributed by atoms with Gasteiger partial charge in [0, 0.05) is 10.2 Å². The van der Waals surface area contributed by atoms with Gasteiger partial charge in [0.2, 0.25) is 5.75 Å². The van der Waals surface area contributed by atoms with Crippen molar-refractivity contribution in [3.05, 3.63) is 12.1 Å². The van der Waals surface area contributed by atoms with Crippen molar-refractivity contribution in [1.29, 1.82) is 0 Å². The molecule has 0 aliphatic rings. The highest BCUT2D eigenvalue weighted by Gasteiger charge is 2.14. The van der Waals surface area contributed by atoms with E-state index in [0.29, 0.717) is 19.8 Å². The van der Waals surface area contributed by atoms with Gasteiger partial charge in [0.1, 0.15) is 0 Å². The van der Waals surface area contributed by atoms with Crippen LogP contribution in [-0.4, -0.2) is 30.1 Å². The van der Waals surface area contributed by atoms with E-state index in [4.69, 9.17) is 14.2 Å². The van der Waals surface area contributed by atoms with Gasteiger partial charge in [0.15, 0.2) is 11.5 Å². The molecule has 1 aromatic carbocycles. The number of hydrogen-bond acceptors (Lipinski definition) is 3. The SMILES string of the molecule is CCOc1ccc([SiH3])c(OCC)c1OCC. The van der Waals surface area contributed by atoms with E-state index in [9.17, 15) is 0 Å². The fraction of sp³-hybridized carbons (Fsp3) is 0.500. The Morgan fingerprint density at radius 3 is 2.00 bits per heavy atom. The summed E-state index contributed by atoms with van der Waals surface area (Å²) in [5.41, 5.74) is 0. The minimum absolute atomic E-state index is 0.616. The first kappa shape index (κ1) is 12.9. The van der Waals surface area contributed by atoms with Crippen molar-refractivity contribution in [3.63, 3.8) is 0 Å². The summed E-state index contributed by atoms with van der Waals surface area (Å²) in [5, 5.41) is 1.20. The summed E-state index contributed by atoms with van der Waals surface area (Å²) < 4.78 is 16.8. The van der Waals surface area contributed by atoms with Gasteiger partial charge in [0.25, 0.3) is 0 Å². The maximum atomic E-state index is 5.64. The van der Waals surface area contributed by atoms with Crippen molar-refractivity contribution < 1.29 is 14.2 Å². The third-order valence-electron chi connectivity index (χ3n) is 2.15. The average Bonchev–Trinajstić information content (AvgIpc) is 2.27. The second kappa shape index (κ2) is 6.43. The first-order valence-corrected chi connectivity index (χ1v) is 6.76. The van der Waals surface area contributed by atoms with Gasteiger partial charge in [-0.25, -0.2) is 0 Å². The summed E-state index contributed by atoms with van der Waals surface area (Å²) in [7, 11) is 0.937. The van der Waals surface area contributed by atoms with Crippen LogP contribution in [0.4, 0.5) is 0 Å². The molecule has 0 saturated carbocycles. The molecule has 0 bridgehead atoms. The van der Waals surface area contributed by atoms with E-state index in [-0.39, 0.29) is 0 Å². The lowest BCUT2D eigenvalue weighted by Gasteiger charge is -2.17. The van der Waals surface area contributed by atoms with Gasteiger partial charge >= 0.3 is 0 Å².